The van der Waals surface area contributed by atoms with Crippen molar-refractivity contribution in [1.82, 2.24) is 9.97 Å². The van der Waals surface area contributed by atoms with Crippen molar-refractivity contribution in [3.63, 3.8) is 0 Å². The molecular weight excluding hydrogens is 214 g/mol. The van der Waals surface area contributed by atoms with E-state index in [1.807, 2.05) is 24.1 Å². The van der Waals surface area contributed by atoms with E-state index in [4.69, 9.17) is 5.11 Å². The number of rotatable bonds is 3. The van der Waals surface area contributed by atoms with Crippen molar-refractivity contribution < 1.29 is 5.11 Å². The van der Waals surface area contributed by atoms with Crippen LogP contribution in [-0.4, -0.2) is 22.1 Å². The number of aliphatic hydroxyl groups excluding tert-OH is 1. The number of nitrogens with zero attached hydrogens (tertiary/aromatic N) is 3. The van der Waals surface area contributed by atoms with Crippen molar-refractivity contribution in [2.24, 2.45) is 0 Å². The molecule has 0 aliphatic carbocycles. The topological polar surface area (TPSA) is 49.2 Å². The smallest absolute Gasteiger partial charge is 0.151 e. The van der Waals surface area contributed by atoms with Gasteiger partial charge in [0.1, 0.15) is 0 Å². The van der Waals surface area contributed by atoms with E-state index in [1.165, 1.54) is 5.56 Å². The number of hydrogen-bond acceptors (Lipinski definition) is 4. The lowest BCUT2D eigenvalue weighted by Gasteiger charge is -2.18. The highest BCUT2D eigenvalue weighted by Gasteiger charge is 2.05. The quantitative estimate of drug-likeness (QED) is 0.875. The molecule has 0 amide bonds. The SMILES string of the molecule is Cc1ccc(N(C)c2cnc(CO)cn2)cc1. The molecule has 0 radical (unpaired) electrons. The third-order valence-corrected chi connectivity index (χ3v) is 2.62. The van der Waals surface area contributed by atoms with Crippen LogP contribution in [0.3, 0.4) is 0 Å². The van der Waals surface area contributed by atoms with E-state index in [2.05, 4.69) is 29.0 Å². The van der Waals surface area contributed by atoms with Gasteiger partial charge in [-0.3, -0.25) is 4.98 Å². The van der Waals surface area contributed by atoms with E-state index < -0.39 is 0 Å². The van der Waals surface area contributed by atoms with E-state index in [0.717, 1.165) is 11.5 Å². The molecule has 1 N–H and O–H groups in total. The molecule has 0 unspecified atom stereocenters. The van der Waals surface area contributed by atoms with E-state index >= 15 is 0 Å². The molecule has 0 aliphatic rings. The maximum absolute atomic E-state index is 8.90. The Bertz CT molecular complexity index is 479. The summed E-state index contributed by atoms with van der Waals surface area (Å²) in [5.74, 6) is 0.756. The maximum atomic E-state index is 8.90. The molecular formula is C13H15N3O. The first kappa shape index (κ1) is 11.5. The van der Waals surface area contributed by atoms with E-state index in [1.54, 1.807) is 12.4 Å². The van der Waals surface area contributed by atoms with Crippen LogP contribution in [0.4, 0.5) is 11.5 Å². The molecule has 2 aromatic rings. The maximum Gasteiger partial charge on any atom is 0.151 e. The molecule has 4 nitrogen and oxygen atoms in total. The van der Waals surface area contributed by atoms with Crippen molar-refractivity contribution in [2.45, 2.75) is 13.5 Å². The molecule has 0 saturated carbocycles. The van der Waals surface area contributed by atoms with E-state index in [0.29, 0.717) is 5.69 Å². The van der Waals surface area contributed by atoms with Crippen LogP contribution in [0.15, 0.2) is 36.7 Å². The van der Waals surface area contributed by atoms with Gasteiger partial charge in [-0.05, 0) is 19.1 Å². The molecule has 0 atom stereocenters. The average Bonchev–Trinajstić information content (AvgIpc) is 2.39. The molecule has 88 valence electrons. The lowest BCUT2D eigenvalue weighted by atomic mass is 10.2. The molecule has 1 aromatic carbocycles. The number of aryl methyl sites for hydroxylation is 1. The summed E-state index contributed by atoms with van der Waals surface area (Å²) in [4.78, 5) is 10.3. The zero-order valence-electron chi connectivity index (χ0n) is 9.96. The Morgan fingerprint density at radius 1 is 1.12 bits per heavy atom. The Hall–Kier alpha value is -1.94. The standard InChI is InChI=1S/C13H15N3O/c1-10-3-5-12(6-4-10)16(2)13-8-14-11(9-17)7-15-13/h3-8,17H,9H2,1-2H3. The van der Waals surface area contributed by atoms with E-state index in [9.17, 15) is 0 Å². The number of benzene rings is 1. The van der Waals surface area contributed by atoms with Gasteiger partial charge in [-0.15, -0.1) is 0 Å². The van der Waals surface area contributed by atoms with E-state index in [-0.39, 0.29) is 6.61 Å². The van der Waals surface area contributed by atoms with Gasteiger partial charge in [-0.1, -0.05) is 17.7 Å². The molecule has 17 heavy (non-hydrogen) atoms. The lowest BCUT2D eigenvalue weighted by molar-refractivity contribution is 0.276. The van der Waals surface area contributed by atoms with Crippen molar-refractivity contribution >= 4 is 11.5 Å². The fourth-order valence-corrected chi connectivity index (χ4v) is 1.50. The highest BCUT2D eigenvalue weighted by molar-refractivity contribution is 5.58. The van der Waals surface area contributed by atoms with Gasteiger partial charge in [0.05, 0.1) is 24.7 Å². The fraction of sp³-hybridized carbons (Fsp3) is 0.231. The third-order valence-electron chi connectivity index (χ3n) is 2.62. The average molecular weight is 229 g/mol. The zero-order chi connectivity index (χ0) is 12.3. The summed E-state index contributed by atoms with van der Waals surface area (Å²) in [6, 6.07) is 8.19. The van der Waals surface area contributed by atoms with Gasteiger partial charge in [0.15, 0.2) is 5.82 Å². The summed E-state index contributed by atoms with van der Waals surface area (Å²) in [5, 5.41) is 8.90. The van der Waals surface area contributed by atoms with Crippen LogP contribution in [0.2, 0.25) is 0 Å². The molecule has 2 rings (SSSR count). The van der Waals surface area contributed by atoms with Gasteiger partial charge < -0.3 is 10.0 Å². The van der Waals surface area contributed by atoms with Crippen LogP contribution in [0.25, 0.3) is 0 Å². The summed E-state index contributed by atoms with van der Waals surface area (Å²) >= 11 is 0. The minimum Gasteiger partial charge on any atom is -0.390 e. The molecule has 0 spiro atoms. The summed E-state index contributed by atoms with van der Waals surface area (Å²) in [6.07, 6.45) is 3.24. The lowest BCUT2D eigenvalue weighted by Crippen LogP contribution is -2.11. The number of aromatic nitrogens is 2. The van der Waals surface area contributed by atoms with Crippen LogP contribution in [-0.2, 0) is 6.61 Å². The summed E-state index contributed by atoms with van der Waals surface area (Å²) in [7, 11) is 1.94. The molecule has 0 fully saturated rings. The molecule has 0 saturated heterocycles. The summed E-state index contributed by atoms with van der Waals surface area (Å²) < 4.78 is 0. The van der Waals surface area contributed by atoms with Crippen LogP contribution in [0.5, 0.6) is 0 Å². The summed E-state index contributed by atoms with van der Waals surface area (Å²) in [5.41, 5.74) is 2.86. The predicted molar refractivity (Wildman–Crippen MR) is 67.2 cm³/mol. The largest absolute Gasteiger partial charge is 0.390 e. The molecule has 4 heteroatoms. The normalized spacial score (nSPS) is 10.3. The van der Waals surface area contributed by atoms with Gasteiger partial charge in [-0.25, -0.2) is 4.98 Å². The second-order valence-corrected chi connectivity index (χ2v) is 3.92. The van der Waals surface area contributed by atoms with Crippen molar-refractivity contribution in [3.8, 4) is 0 Å². The molecule has 1 heterocycles. The Labute approximate surface area is 101 Å². The Morgan fingerprint density at radius 3 is 2.35 bits per heavy atom. The van der Waals surface area contributed by atoms with Gasteiger partial charge in [0.2, 0.25) is 0 Å². The van der Waals surface area contributed by atoms with Crippen LogP contribution >= 0.6 is 0 Å². The highest BCUT2D eigenvalue weighted by atomic mass is 16.3. The first-order chi connectivity index (χ1) is 8.20. The van der Waals surface area contributed by atoms with Crippen LogP contribution in [0, 0.1) is 6.92 Å². The first-order valence-electron chi connectivity index (χ1n) is 5.43. The van der Waals surface area contributed by atoms with Gasteiger partial charge in [-0.2, -0.15) is 0 Å². The van der Waals surface area contributed by atoms with Crippen molar-refractivity contribution in [3.05, 3.63) is 47.9 Å². The Morgan fingerprint density at radius 2 is 1.82 bits per heavy atom. The fourth-order valence-electron chi connectivity index (χ4n) is 1.50. The number of aliphatic hydroxyl groups is 1. The van der Waals surface area contributed by atoms with Gasteiger partial charge in [0.25, 0.3) is 0 Å². The Balaban J connectivity index is 2.23. The first-order valence-corrected chi connectivity index (χ1v) is 5.43. The van der Waals surface area contributed by atoms with Crippen molar-refractivity contribution in [1.29, 1.82) is 0 Å². The predicted octanol–water partition coefficient (Wildman–Crippen LogP) is 2.05. The van der Waals surface area contributed by atoms with Crippen LogP contribution < -0.4 is 4.90 Å². The highest BCUT2D eigenvalue weighted by Crippen LogP contribution is 2.20. The molecule has 0 aliphatic heterocycles. The van der Waals surface area contributed by atoms with Gasteiger partial charge >= 0.3 is 0 Å². The minimum absolute atomic E-state index is 0.0818. The monoisotopic (exact) mass is 229 g/mol. The third kappa shape index (κ3) is 2.60. The minimum atomic E-state index is -0.0818. The van der Waals surface area contributed by atoms with Crippen LogP contribution in [0.1, 0.15) is 11.3 Å². The number of anilines is 2. The zero-order valence-corrected chi connectivity index (χ0v) is 9.96. The Kier molecular flexibility index (Phi) is 3.35. The molecule has 0 bridgehead atoms. The number of hydrogen-bond donors (Lipinski definition) is 1. The second-order valence-electron chi connectivity index (χ2n) is 3.92. The molecule has 1 aromatic heterocycles. The second kappa shape index (κ2) is 4.93. The summed E-state index contributed by atoms with van der Waals surface area (Å²) in [6.45, 7) is 1.97. The van der Waals surface area contributed by atoms with Crippen molar-refractivity contribution in [2.75, 3.05) is 11.9 Å². The van der Waals surface area contributed by atoms with Gasteiger partial charge in [0, 0.05) is 12.7 Å².